The number of hydrogen-bond donors (Lipinski definition) is 4. The van der Waals surface area contributed by atoms with E-state index in [2.05, 4.69) is 0 Å². The number of nitrogen functional groups attached to an aromatic ring is 1. The second-order valence-electron chi connectivity index (χ2n) is 4.48. The number of carboxylic acids is 3. The van der Waals surface area contributed by atoms with Crippen LogP contribution >= 0.6 is 11.8 Å². The number of aromatic carboxylic acids is 3. The van der Waals surface area contributed by atoms with Gasteiger partial charge in [0.15, 0.2) is 0 Å². The Morgan fingerprint density at radius 2 is 1.35 bits per heavy atom. The summed E-state index contributed by atoms with van der Waals surface area (Å²) in [7, 11) is 0. The fraction of sp³-hybridized carbons (Fsp3) is 0. The van der Waals surface area contributed by atoms with E-state index in [4.69, 9.17) is 15.9 Å². The SMILES string of the molecule is Nc1cc(C(=O)O)ccc1Sc1cc(C(=O)O)ccc1C(=O)O. The van der Waals surface area contributed by atoms with Crippen LogP contribution in [0.5, 0.6) is 0 Å². The topological polar surface area (TPSA) is 138 Å². The Morgan fingerprint density at radius 3 is 1.87 bits per heavy atom. The number of benzene rings is 2. The molecule has 0 aliphatic rings. The highest BCUT2D eigenvalue weighted by Crippen LogP contribution is 2.35. The minimum absolute atomic E-state index is 0.00425. The van der Waals surface area contributed by atoms with Crippen LogP contribution in [0.2, 0.25) is 0 Å². The van der Waals surface area contributed by atoms with Gasteiger partial charge in [0, 0.05) is 15.5 Å². The maximum atomic E-state index is 11.3. The molecule has 0 atom stereocenters. The van der Waals surface area contributed by atoms with Gasteiger partial charge in [0.05, 0.1) is 16.7 Å². The van der Waals surface area contributed by atoms with Gasteiger partial charge < -0.3 is 21.1 Å². The molecule has 0 aliphatic carbocycles. The number of nitrogens with two attached hydrogens (primary N) is 1. The van der Waals surface area contributed by atoms with Gasteiger partial charge in [-0.15, -0.1) is 0 Å². The van der Waals surface area contributed by atoms with Crippen LogP contribution in [-0.4, -0.2) is 33.2 Å². The molecule has 0 aromatic heterocycles. The van der Waals surface area contributed by atoms with Gasteiger partial charge in [0.1, 0.15) is 0 Å². The molecule has 0 fully saturated rings. The summed E-state index contributed by atoms with van der Waals surface area (Å²) in [4.78, 5) is 33.8. The van der Waals surface area contributed by atoms with Crippen LogP contribution in [0.1, 0.15) is 31.1 Å². The van der Waals surface area contributed by atoms with Crippen LogP contribution in [0.3, 0.4) is 0 Å². The van der Waals surface area contributed by atoms with Crippen LogP contribution < -0.4 is 5.73 Å². The van der Waals surface area contributed by atoms with Crippen LogP contribution in [0.25, 0.3) is 0 Å². The van der Waals surface area contributed by atoms with Crippen molar-refractivity contribution in [3.8, 4) is 0 Å². The van der Waals surface area contributed by atoms with Crippen LogP contribution in [0.15, 0.2) is 46.2 Å². The van der Waals surface area contributed by atoms with Crippen molar-refractivity contribution < 1.29 is 29.7 Å². The highest BCUT2D eigenvalue weighted by Gasteiger charge is 2.16. The fourth-order valence-corrected chi connectivity index (χ4v) is 2.81. The van der Waals surface area contributed by atoms with E-state index in [1.165, 1.54) is 36.4 Å². The molecule has 0 unspecified atom stereocenters. The van der Waals surface area contributed by atoms with Crippen molar-refractivity contribution in [2.45, 2.75) is 9.79 Å². The quantitative estimate of drug-likeness (QED) is 0.612. The number of hydrogen-bond acceptors (Lipinski definition) is 5. The van der Waals surface area contributed by atoms with Crippen molar-refractivity contribution in [2.24, 2.45) is 0 Å². The van der Waals surface area contributed by atoms with Crippen LogP contribution in [-0.2, 0) is 0 Å². The highest BCUT2D eigenvalue weighted by atomic mass is 32.2. The normalized spacial score (nSPS) is 10.3. The molecular formula is C15H11NO6S. The molecule has 0 heterocycles. The van der Waals surface area contributed by atoms with E-state index >= 15 is 0 Å². The molecule has 7 nitrogen and oxygen atoms in total. The number of carbonyl (C=O) groups is 3. The average Bonchev–Trinajstić information content (AvgIpc) is 2.48. The maximum absolute atomic E-state index is 11.3. The number of carboxylic acid groups (broad SMARTS) is 3. The minimum Gasteiger partial charge on any atom is -0.478 e. The van der Waals surface area contributed by atoms with E-state index in [-0.39, 0.29) is 27.3 Å². The van der Waals surface area contributed by atoms with Gasteiger partial charge in [-0.2, -0.15) is 0 Å². The van der Waals surface area contributed by atoms with Gasteiger partial charge in [-0.3, -0.25) is 0 Å². The molecule has 0 spiro atoms. The van der Waals surface area contributed by atoms with Crippen LogP contribution in [0.4, 0.5) is 5.69 Å². The molecule has 2 aromatic carbocycles. The van der Waals surface area contributed by atoms with Gasteiger partial charge in [-0.1, -0.05) is 11.8 Å². The lowest BCUT2D eigenvalue weighted by molar-refractivity contribution is 0.0678. The summed E-state index contributed by atoms with van der Waals surface area (Å²) in [6.45, 7) is 0. The van der Waals surface area contributed by atoms with Crippen molar-refractivity contribution in [1.82, 2.24) is 0 Å². The second-order valence-corrected chi connectivity index (χ2v) is 5.56. The molecule has 0 bridgehead atoms. The molecule has 118 valence electrons. The number of rotatable bonds is 5. The Kier molecular flexibility index (Phi) is 4.56. The smallest absolute Gasteiger partial charge is 0.336 e. The lowest BCUT2D eigenvalue weighted by Gasteiger charge is -2.10. The van der Waals surface area contributed by atoms with Crippen LogP contribution in [0, 0.1) is 0 Å². The molecule has 8 heteroatoms. The zero-order valence-electron chi connectivity index (χ0n) is 11.5. The van der Waals surface area contributed by atoms with E-state index in [1.54, 1.807) is 0 Å². The van der Waals surface area contributed by atoms with Crippen molar-refractivity contribution in [3.05, 3.63) is 53.1 Å². The highest BCUT2D eigenvalue weighted by molar-refractivity contribution is 7.99. The summed E-state index contributed by atoms with van der Waals surface area (Å²) in [5.74, 6) is -3.52. The van der Waals surface area contributed by atoms with Gasteiger partial charge in [-0.25, -0.2) is 14.4 Å². The third-order valence-corrected chi connectivity index (χ3v) is 4.09. The Hall–Kier alpha value is -3.00. The molecule has 0 radical (unpaired) electrons. The standard InChI is InChI=1S/C15H11NO6S/c16-10-5-7(13(17)18)2-4-11(10)23-12-6-8(14(19)20)1-3-9(12)15(21)22/h1-6H,16H2,(H,17,18)(H,19,20)(H,21,22). The molecule has 5 N–H and O–H groups in total. The Bertz CT molecular complexity index is 818. The molecule has 0 saturated carbocycles. The third-order valence-electron chi connectivity index (χ3n) is 2.94. The minimum atomic E-state index is -1.20. The number of anilines is 1. The van der Waals surface area contributed by atoms with Crippen molar-refractivity contribution in [1.29, 1.82) is 0 Å². The first-order valence-corrected chi connectivity index (χ1v) is 7.02. The maximum Gasteiger partial charge on any atom is 0.336 e. The second kappa shape index (κ2) is 6.41. The molecule has 0 saturated heterocycles. The Morgan fingerprint density at radius 1 is 0.783 bits per heavy atom. The first-order valence-electron chi connectivity index (χ1n) is 6.21. The lowest BCUT2D eigenvalue weighted by atomic mass is 10.1. The van der Waals surface area contributed by atoms with E-state index in [0.29, 0.717) is 4.90 Å². The van der Waals surface area contributed by atoms with Gasteiger partial charge in [-0.05, 0) is 36.4 Å². The zero-order chi connectivity index (χ0) is 17.1. The molecule has 0 amide bonds. The first-order chi connectivity index (χ1) is 10.8. The largest absolute Gasteiger partial charge is 0.478 e. The zero-order valence-corrected chi connectivity index (χ0v) is 12.3. The average molecular weight is 333 g/mol. The predicted molar refractivity (Wildman–Crippen MR) is 82.3 cm³/mol. The Balaban J connectivity index is 2.46. The van der Waals surface area contributed by atoms with Gasteiger partial charge >= 0.3 is 17.9 Å². The molecule has 2 aromatic rings. The van der Waals surface area contributed by atoms with Crippen molar-refractivity contribution in [3.63, 3.8) is 0 Å². The van der Waals surface area contributed by atoms with E-state index in [1.807, 2.05) is 0 Å². The summed E-state index contributed by atoms with van der Waals surface area (Å²) in [5.41, 5.74) is 5.82. The summed E-state index contributed by atoms with van der Waals surface area (Å²) < 4.78 is 0. The lowest BCUT2D eigenvalue weighted by Crippen LogP contribution is -2.03. The van der Waals surface area contributed by atoms with Crippen molar-refractivity contribution >= 4 is 35.4 Å². The van der Waals surface area contributed by atoms with E-state index in [9.17, 15) is 19.5 Å². The molecule has 2 rings (SSSR count). The molecule has 0 aliphatic heterocycles. The van der Waals surface area contributed by atoms with Crippen molar-refractivity contribution in [2.75, 3.05) is 5.73 Å². The summed E-state index contributed by atoms with van der Waals surface area (Å²) in [6.07, 6.45) is 0. The Labute approximate surface area is 134 Å². The summed E-state index contributed by atoms with van der Waals surface area (Å²) in [5, 5.41) is 27.1. The van der Waals surface area contributed by atoms with E-state index < -0.39 is 17.9 Å². The summed E-state index contributed by atoms with van der Waals surface area (Å²) >= 11 is 0.959. The van der Waals surface area contributed by atoms with Gasteiger partial charge in [0.25, 0.3) is 0 Å². The van der Waals surface area contributed by atoms with Gasteiger partial charge in [0.2, 0.25) is 0 Å². The predicted octanol–water partition coefficient (Wildman–Crippen LogP) is 2.51. The third kappa shape index (κ3) is 3.61. The monoisotopic (exact) mass is 333 g/mol. The first kappa shape index (κ1) is 16.4. The fourth-order valence-electron chi connectivity index (χ4n) is 1.81. The molecule has 23 heavy (non-hydrogen) atoms. The molecular weight excluding hydrogens is 322 g/mol. The van der Waals surface area contributed by atoms with E-state index in [0.717, 1.165) is 11.8 Å². The summed E-state index contributed by atoms with van der Waals surface area (Å²) in [6, 6.07) is 7.68.